The third-order valence-electron chi connectivity index (χ3n) is 4.86. The Bertz CT molecular complexity index is 668. The van der Waals surface area contributed by atoms with Gasteiger partial charge in [-0.2, -0.15) is 0 Å². The highest BCUT2D eigenvalue weighted by atomic mass is 32.1. The predicted molar refractivity (Wildman–Crippen MR) is 79.8 cm³/mol. The monoisotopic (exact) mass is 276 g/mol. The Morgan fingerprint density at radius 2 is 2.32 bits per heavy atom. The number of fused-ring (bicyclic) bond motifs is 3. The SMILES string of the molecule is CCC(C)(C)[C@@H]1CCc2sc3nc[nH]c(=O)c3c2C1. The minimum atomic E-state index is 0.0254. The highest BCUT2D eigenvalue weighted by Gasteiger charge is 2.33. The second-order valence-corrected chi connectivity index (χ2v) is 7.28. The van der Waals surface area contributed by atoms with Crippen LogP contribution < -0.4 is 5.56 Å². The van der Waals surface area contributed by atoms with Crippen LogP contribution in [-0.2, 0) is 12.8 Å². The van der Waals surface area contributed by atoms with Gasteiger partial charge >= 0.3 is 0 Å². The lowest BCUT2D eigenvalue weighted by molar-refractivity contribution is 0.184. The van der Waals surface area contributed by atoms with Gasteiger partial charge in [0.15, 0.2) is 0 Å². The van der Waals surface area contributed by atoms with Crippen molar-refractivity contribution < 1.29 is 0 Å². The van der Waals surface area contributed by atoms with Crippen LogP contribution in [0.4, 0.5) is 0 Å². The minimum Gasteiger partial charge on any atom is -0.313 e. The first-order chi connectivity index (χ1) is 9.03. The van der Waals surface area contributed by atoms with Crippen LogP contribution in [0.2, 0.25) is 0 Å². The summed E-state index contributed by atoms with van der Waals surface area (Å²) in [6, 6.07) is 0. The quantitative estimate of drug-likeness (QED) is 0.912. The second kappa shape index (κ2) is 4.44. The molecule has 0 aromatic carbocycles. The van der Waals surface area contributed by atoms with Crippen molar-refractivity contribution in [3.8, 4) is 0 Å². The van der Waals surface area contributed by atoms with Gasteiger partial charge in [-0.1, -0.05) is 27.2 Å². The van der Waals surface area contributed by atoms with Gasteiger partial charge in [0.05, 0.1) is 11.7 Å². The summed E-state index contributed by atoms with van der Waals surface area (Å²) in [7, 11) is 0. The molecule has 2 aromatic heterocycles. The molecule has 0 spiro atoms. The molecule has 4 heteroatoms. The summed E-state index contributed by atoms with van der Waals surface area (Å²) in [5.74, 6) is 0.669. The van der Waals surface area contributed by atoms with E-state index in [-0.39, 0.29) is 5.56 Å². The fourth-order valence-electron chi connectivity index (χ4n) is 3.07. The number of nitrogens with zero attached hydrogens (tertiary/aromatic N) is 1. The van der Waals surface area contributed by atoms with Crippen LogP contribution in [0.25, 0.3) is 10.2 Å². The van der Waals surface area contributed by atoms with Gasteiger partial charge in [0, 0.05) is 4.88 Å². The third kappa shape index (κ3) is 2.02. The number of nitrogens with one attached hydrogen (secondary N) is 1. The summed E-state index contributed by atoms with van der Waals surface area (Å²) in [4.78, 5) is 21.4. The van der Waals surface area contributed by atoms with E-state index in [0.717, 1.165) is 23.1 Å². The van der Waals surface area contributed by atoms with Crippen LogP contribution >= 0.6 is 11.3 Å². The molecule has 0 radical (unpaired) electrons. The first kappa shape index (κ1) is 12.9. The van der Waals surface area contributed by atoms with Gasteiger partial charge in [-0.25, -0.2) is 4.98 Å². The molecule has 0 amide bonds. The molecular formula is C15H20N2OS. The number of aryl methyl sites for hydroxylation is 1. The Balaban J connectivity index is 2.09. The van der Waals surface area contributed by atoms with Gasteiger partial charge in [-0.3, -0.25) is 4.79 Å². The van der Waals surface area contributed by atoms with Crippen molar-refractivity contribution in [3.05, 3.63) is 27.1 Å². The lowest BCUT2D eigenvalue weighted by Crippen LogP contribution is -2.28. The first-order valence-corrected chi connectivity index (χ1v) is 7.82. The van der Waals surface area contributed by atoms with Crippen molar-refractivity contribution >= 4 is 21.6 Å². The normalized spacial score (nSPS) is 19.6. The van der Waals surface area contributed by atoms with Crippen molar-refractivity contribution in [2.24, 2.45) is 11.3 Å². The number of thiophene rings is 1. The highest BCUT2D eigenvalue weighted by Crippen LogP contribution is 2.43. The lowest BCUT2D eigenvalue weighted by Gasteiger charge is -2.36. The summed E-state index contributed by atoms with van der Waals surface area (Å²) in [6.07, 6.45) is 6.07. The predicted octanol–water partition coefficient (Wildman–Crippen LogP) is 3.53. The number of aromatic nitrogens is 2. The molecule has 2 heterocycles. The van der Waals surface area contributed by atoms with E-state index in [1.54, 1.807) is 11.3 Å². The van der Waals surface area contributed by atoms with Crippen molar-refractivity contribution in [2.75, 3.05) is 0 Å². The molecule has 102 valence electrons. The molecule has 1 aliphatic carbocycles. The topological polar surface area (TPSA) is 45.8 Å². The van der Waals surface area contributed by atoms with E-state index in [9.17, 15) is 4.79 Å². The standard InChI is InChI=1S/C15H20N2OS/c1-4-15(2,3)9-5-6-11-10(7-9)12-13(18)16-8-17-14(12)19-11/h8-9H,4-7H2,1-3H3,(H,16,17,18)/t9-/m1/s1. The molecule has 0 saturated carbocycles. The van der Waals surface area contributed by atoms with E-state index in [1.807, 2.05) is 0 Å². The highest BCUT2D eigenvalue weighted by molar-refractivity contribution is 7.18. The Kier molecular flexibility index (Phi) is 3.01. The van der Waals surface area contributed by atoms with Crippen molar-refractivity contribution in [1.29, 1.82) is 0 Å². The van der Waals surface area contributed by atoms with Gasteiger partial charge in [0.1, 0.15) is 4.83 Å². The molecule has 0 unspecified atom stereocenters. The van der Waals surface area contributed by atoms with Crippen molar-refractivity contribution in [1.82, 2.24) is 9.97 Å². The van der Waals surface area contributed by atoms with Gasteiger partial charge < -0.3 is 4.98 Å². The summed E-state index contributed by atoms with van der Waals surface area (Å²) in [5.41, 5.74) is 1.64. The summed E-state index contributed by atoms with van der Waals surface area (Å²) < 4.78 is 0. The smallest absolute Gasteiger partial charge is 0.259 e. The Morgan fingerprint density at radius 1 is 1.53 bits per heavy atom. The zero-order valence-corrected chi connectivity index (χ0v) is 12.6. The number of hydrogen-bond donors (Lipinski definition) is 1. The fourth-order valence-corrected chi connectivity index (χ4v) is 4.26. The van der Waals surface area contributed by atoms with Crippen LogP contribution in [0.5, 0.6) is 0 Å². The second-order valence-electron chi connectivity index (χ2n) is 6.20. The lowest BCUT2D eigenvalue weighted by atomic mass is 9.69. The Labute approximate surface area is 117 Å². The molecule has 0 fully saturated rings. The molecule has 3 nitrogen and oxygen atoms in total. The number of rotatable bonds is 2. The molecule has 2 aromatic rings. The molecule has 1 aliphatic rings. The molecule has 1 N–H and O–H groups in total. The molecule has 1 atom stereocenters. The number of H-pyrrole nitrogens is 1. The Hall–Kier alpha value is -1.16. The Morgan fingerprint density at radius 3 is 3.05 bits per heavy atom. The van der Waals surface area contributed by atoms with E-state index >= 15 is 0 Å². The maximum Gasteiger partial charge on any atom is 0.259 e. The molecule has 0 saturated heterocycles. The van der Waals surface area contributed by atoms with Gasteiger partial charge in [-0.05, 0) is 36.2 Å². The molecule has 3 rings (SSSR count). The fraction of sp³-hybridized carbons (Fsp3) is 0.600. The molecule has 0 aliphatic heterocycles. The van der Waals surface area contributed by atoms with E-state index in [1.165, 1.54) is 29.6 Å². The van der Waals surface area contributed by atoms with Crippen LogP contribution in [0.1, 0.15) is 44.1 Å². The third-order valence-corrected chi connectivity index (χ3v) is 6.06. The van der Waals surface area contributed by atoms with E-state index in [4.69, 9.17) is 0 Å². The summed E-state index contributed by atoms with van der Waals surface area (Å²) >= 11 is 1.70. The maximum atomic E-state index is 12.0. The number of hydrogen-bond acceptors (Lipinski definition) is 3. The van der Waals surface area contributed by atoms with Gasteiger partial charge in [0.25, 0.3) is 5.56 Å². The summed E-state index contributed by atoms with van der Waals surface area (Å²) in [5, 5.41) is 0.846. The molecular weight excluding hydrogens is 256 g/mol. The van der Waals surface area contributed by atoms with Crippen LogP contribution in [0, 0.1) is 11.3 Å². The van der Waals surface area contributed by atoms with E-state index in [0.29, 0.717) is 11.3 Å². The zero-order valence-electron chi connectivity index (χ0n) is 11.7. The van der Waals surface area contributed by atoms with Crippen LogP contribution in [0.15, 0.2) is 11.1 Å². The van der Waals surface area contributed by atoms with Crippen LogP contribution in [-0.4, -0.2) is 9.97 Å². The first-order valence-electron chi connectivity index (χ1n) is 7.01. The van der Waals surface area contributed by atoms with Crippen molar-refractivity contribution in [2.45, 2.75) is 46.5 Å². The van der Waals surface area contributed by atoms with Crippen LogP contribution in [0.3, 0.4) is 0 Å². The van der Waals surface area contributed by atoms with Gasteiger partial charge in [0.2, 0.25) is 0 Å². The van der Waals surface area contributed by atoms with Gasteiger partial charge in [-0.15, -0.1) is 11.3 Å². The molecule has 0 bridgehead atoms. The average Bonchev–Trinajstić information content (AvgIpc) is 2.77. The number of aromatic amines is 1. The average molecular weight is 276 g/mol. The molecule has 19 heavy (non-hydrogen) atoms. The zero-order chi connectivity index (χ0) is 13.6. The van der Waals surface area contributed by atoms with E-state index < -0.39 is 0 Å². The maximum absolute atomic E-state index is 12.0. The largest absolute Gasteiger partial charge is 0.313 e. The van der Waals surface area contributed by atoms with Crippen molar-refractivity contribution in [3.63, 3.8) is 0 Å². The summed E-state index contributed by atoms with van der Waals surface area (Å²) in [6.45, 7) is 6.95. The minimum absolute atomic E-state index is 0.0254. The van der Waals surface area contributed by atoms with E-state index in [2.05, 4.69) is 30.7 Å².